The van der Waals surface area contributed by atoms with E-state index >= 15 is 0 Å². The maximum absolute atomic E-state index is 10.2. The van der Waals surface area contributed by atoms with Crippen LogP contribution in [0.1, 0.15) is 25.7 Å². The molecule has 0 aliphatic heterocycles. The molecule has 0 bridgehead atoms. The van der Waals surface area contributed by atoms with Gasteiger partial charge >= 0.3 is 5.97 Å². The highest BCUT2D eigenvalue weighted by Crippen LogP contribution is 2.38. The number of aliphatic hydroxyl groups is 1. The quantitative estimate of drug-likeness (QED) is 0.631. The normalized spacial score (nSPS) is 21.9. The Balaban J connectivity index is 2.28. The predicted octanol–water partition coefficient (Wildman–Crippen LogP) is 1.07. The van der Waals surface area contributed by atoms with Gasteiger partial charge in [-0.25, -0.2) is 0 Å². The summed E-state index contributed by atoms with van der Waals surface area (Å²) in [6.07, 6.45) is 3.52. The zero-order chi connectivity index (χ0) is 8.32. The Bertz CT molecular complexity index is 152. The Morgan fingerprint density at radius 2 is 2.00 bits per heavy atom. The molecule has 0 aromatic heterocycles. The first-order valence-corrected chi connectivity index (χ1v) is 4.69. The van der Waals surface area contributed by atoms with Crippen LogP contribution in [0.3, 0.4) is 0 Å². The number of carbonyl (C=O) groups is 1. The van der Waals surface area contributed by atoms with Crippen molar-refractivity contribution in [2.75, 3.05) is 5.75 Å². The predicted molar refractivity (Wildman–Crippen MR) is 43.5 cm³/mol. The highest BCUT2D eigenvalue weighted by Gasteiger charge is 2.31. The SMILES string of the molecule is O=C(O)CSC1(O)CCCC1. The van der Waals surface area contributed by atoms with Crippen molar-refractivity contribution in [2.24, 2.45) is 0 Å². The third kappa shape index (κ3) is 2.71. The van der Waals surface area contributed by atoms with Gasteiger partial charge in [0.05, 0.1) is 5.75 Å². The Kier molecular flexibility index (Phi) is 2.78. The van der Waals surface area contributed by atoms with E-state index in [1.54, 1.807) is 0 Å². The van der Waals surface area contributed by atoms with Crippen LogP contribution >= 0.6 is 11.8 Å². The lowest BCUT2D eigenvalue weighted by Crippen LogP contribution is -2.21. The molecule has 0 aromatic carbocycles. The van der Waals surface area contributed by atoms with Gasteiger partial charge in [0.15, 0.2) is 0 Å². The topological polar surface area (TPSA) is 57.5 Å². The van der Waals surface area contributed by atoms with Gasteiger partial charge in [0.1, 0.15) is 4.93 Å². The molecule has 11 heavy (non-hydrogen) atoms. The van der Waals surface area contributed by atoms with Crippen molar-refractivity contribution >= 4 is 17.7 Å². The first-order chi connectivity index (χ1) is 5.12. The van der Waals surface area contributed by atoms with E-state index in [2.05, 4.69) is 0 Å². The summed E-state index contributed by atoms with van der Waals surface area (Å²) in [4.78, 5) is 9.43. The summed E-state index contributed by atoms with van der Waals surface area (Å²) < 4.78 is 0. The Labute approximate surface area is 69.8 Å². The third-order valence-corrected chi connectivity index (χ3v) is 3.19. The van der Waals surface area contributed by atoms with Crippen LogP contribution in [0.15, 0.2) is 0 Å². The second-order valence-electron chi connectivity index (χ2n) is 2.84. The van der Waals surface area contributed by atoms with Gasteiger partial charge in [0.25, 0.3) is 0 Å². The Hall–Kier alpha value is -0.220. The molecule has 1 aliphatic carbocycles. The average molecular weight is 176 g/mol. The number of carboxylic acids is 1. The summed E-state index contributed by atoms with van der Waals surface area (Å²) in [5.41, 5.74) is 0. The molecule has 1 aliphatic rings. The van der Waals surface area contributed by atoms with Gasteiger partial charge in [-0.15, -0.1) is 11.8 Å². The standard InChI is InChI=1S/C7H12O3S/c8-6(9)5-11-7(10)3-1-2-4-7/h10H,1-5H2,(H,8,9). The molecule has 2 N–H and O–H groups in total. The van der Waals surface area contributed by atoms with E-state index in [9.17, 15) is 9.90 Å². The fourth-order valence-electron chi connectivity index (χ4n) is 1.27. The molecule has 0 atom stereocenters. The molecule has 3 nitrogen and oxygen atoms in total. The smallest absolute Gasteiger partial charge is 0.313 e. The second-order valence-corrected chi connectivity index (χ2v) is 4.17. The van der Waals surface area contributed by atoms with Crippen LogP contribution < -0.4 is 0 Å². The van der Waals surface area contributed by atoms with Crippen molar-refractivity contribution in [2.45, 2.75) is 30.6 Å². The minimum Gasteiger partial charge on any atom is -0.481 e. The van der Waals surface area contributed by atoms with E-state index in [1.807, 2.05) is 0 Å². The van der Waals surface area contributed by atoms with Gasteiger partial charge in [0, 0.05) is 0 Å². The van der Waals surface area contributed by atoms with Crippen LogP contribution in [0.4, 0.5) is 0 Å². The van der Waals surface area contributed by atoms with E-state index in [1.165, 1.54) is 0 Å². The summed E-state index contributed by atoms with van der Waals surface area (Å²) >= 11 is 1.15. The fraction of sp³-hybridized carbons (Fsp3) is 0.857. The highest BCUT2D eigenvalue weighted by molar-refractivity contribution is 8.01. The van der Waals surface area contributed by atoms with Crippen LogP contribution in [0.2, 0.25) is 0 Å². The van der Waals surface area contributed by atoms with Crippen LogP contribution in [-0.2, 0) is 4.79 Å². The lowest BCUT2D eigenvalue weighted by Gasteiger charge is -2.19. The van der Waals surface area contributed by atoms with Gasteiger partial charge in [-0.1, -0.05) is 0 Å². The molecule has 0 radical (unpaired) electrons. The van der Waals surface area contributed by atoms with Crippen molar-refractivity contribution in [3.05, 3.63) is 0 Å². The molecule has 4 heteroatoms. The van der Waals surface area contributed by atoms with Crippen LogP contribution in [0.25, 0.3) is 0 Å². The lowest BCUT2D eigenvalue weighted by atomic mass is 10.3. The molecule has 0 spiro atoms. The molecule has 0 heterocycles. The third-order valence-electron chi connectivity index (χ3n) is 1.85. The van der Waals surface area contributed by atoms with E-state index in [0.29, 0.717) is 0 Å². The van der Waals surface area contributed by atoms with Crippen molar-refractivity contribution in [3.63, 3.8) is 0 Å². The van der Waals surface area contributed by atoms with Gasteiger partial charge in [0.2, 0.25) is 0 Å². The molecular formula is C7H12O3S. The van der Waals surface area contributed by atoms with Crippen molar-refractivity contribution < 1.29 is 15.0 Å². The van der Waals surface area contributed by atoms with Crippen molar-refractivity contribution in [1.29, 1.82) is 0 Å². The molecule has 1 fully saturated rings. The first kappa shape index (κ1) is 8.87. The first-order valence-electron chi connectivity index (χ1n) is 3.70. The van der Waals surface area contributed by atoms with Gasteiger partial charge in [-0.05, 0) is 25.7 Å². The average Bonchev–Trinajstić information content (AvgIpc) is 2.33. The second kappa shape index (κ2) is 3.45. The van der Waals surface area contributed by atoms with Gasteiger partial charge < -0.3 is 10.2 Å². The zero-order valence-corrected chi connectivity index (χ0v) is 7.06. The Morgan fingerprint density at radius 1 is 1.45 bits per heavy atom. The maximum Gasteiger partial charge on any atom is 0.313 e. The number of hydrogen-bond acceptors (Lipinski definition) is 3. The number of hydrogen-bond donors (Lipinski definition) is 2. The number of thioether (sulfide) groups is 1. The van der Waals surface area contributed by atoms with E-state index in [4.69, 9.17) is 5.11 Å². The lowest BCUT2D eigenvalue weighted by molar-refractivity contribution is -0.134. The molecule has 0 saturated heterocycles. The van der Waals surface area contributed by atoms with Gasteiger partial charge in [-0.2, -0.15) is 0 Å². The number of aliphatic carboxylic acids is 1. The van der Waals surface area contributed by atoms with E-state index in [-0.39, 0.29) is 5.75 Å². The van der Waals surface area contributed by atoms with Crippen LogP contribution in [-0.4, -0.2) is 26.9 Å². The summed E-state index contributed by atoms with van der Waals surface area (Å²) in [6.45, 7) is 0. The minimum atomic E-state index is -0.852. The van der Waals surface area contributed by atoms with E-state index < -0.39 is 10.9 Å². The summed E-state index contributed by atoms with van der Waals surface area (Å²) in [6, 6.07) is 0. The molecule has 0 aromatic rings. The fourth-order valence-corrected chi connectivity index (χ4v) is 2.24. The molecule has 0 unspecified atom stereocenters. The molecule has 64 valence electrons. The van der Waals surface area contributed by atoms with Gasteiger partial charge in [-0.3, -0.25) is 4.79 Å². The molecule has 1 saturated carbocycles. The highest BCUT2D eigenvalue weighted by atomic mass is 32.2. The monoisotopic (exact) mass is 176 g/mol. The number of carboxylic acid groups (broad SMARTS) is 1. The van der Waals surface area contributed by atoms with Crippen LogP contribution in [0, 0.1) is 0 Å². The van der Waals surface area contributed by atoms with E-state index in [0.717, 1.165) is 37.4 Å². The zero-order valence-electron chi connectivity index (χ0n) is 6.25. The van der Waals surface area contributed by atoms with Crippen LogP contribution in [0.5, 0.6) is 0 Å². The van der Waals surface area contributed by atoms with Crippen molar-refractivity contribution in [1.82, 2.24) is 0 Å². The summed E-state index contributed by atoms with van der Waals surface area (Å²) in [5.74, 6) is -0.841. The Morgan fingerprint density at radius 3 is 2.45 bits per heavy atom. The summed E-state index contributed by atoms with van der Waals surface area (Å²) in [7, 11) is 0. The molecule has 1 rings (SSSR count). The summed E-state index contributed by atoms with van der Waals surface area (Å²) in [5, 5.41) is 18.0. The van der Waals surface area contributed by atoms with Crippen molar-refractivity contribution in [3.8, 4) is 0 Å². The molecular weight excluding hydrogens is 164 g/mol. The minimum absolute atomic E-state index is 0.0104. The maximum atomic E-state index is 10.2. The number of rotatable bonds is 3. The molecule has 0 amide bonds. The largest absolute Gasteiger partial charge is 0.481 e.